The summed E-state index contributed by atoms with van der Waals surface area (Å²) >= 11 is 0. The lowest BCUT2D eigenvalue weighted by molar-refractivity contribution is 0.466. The minimum absolute atomic E-state index is 0.164. The maximum Gasteiger partial charge on any atom is 0.228 e. The van der Waals surface area contributed by atoms with Crippen LogP contribution in [0.2, 0.25) is 0 Å². The highest BCUT2D eigenvalue weighted by atomic mass is 32.2. The van der Waals surface area contributed by atoms with Gasteiger partial charge in [0.05, 0.1) is 22.8 Å². The molecule has 1 aliphatic heterocycles. The summed E-state index contributed by atoms with van der Waals surface area (Å²) in [5.74, 6) is 0.370. The number of pyridine rings is 1. The first kappa shape index (κ1) is 29.7. The molecule has 2 N–H and O–H groups in total. The van der Waals surface area contributed by atoms with Crippen LogP contribution in [0.4, 0.5) is 10.3 Å². The van der Waals surface area contributed by atoms with Gasteiger partial charge in [-0.2, -0.15) is 0 Å². The Kier molecular flexibility index (Phi) is 8.54. The summed E-state index contributed by atoms with van der Waals surface area (Å²) in [6.45, 7) is 5.59. The third kappa shape index (κ3) is 6.71. The van der Waals surface area contributed by atoms with Gasteiger partial charge >= 0.3 is 0 Å². The molecule has 1 atom stereocenters. The standard InChI is InChI=1S/C34H34FN5O3S/c1-22-10-12-25(30(35)18-22)21-44(41,42)20-24-6-3-8-28-27(24)13-11-23(2)32(28)43-33-29(9-5-16-37-33)31-14-17-38-34(40-31)39-26-7-4-15-36-19-26/h3,5-6,8-14,16-18,26,36H,4,7,15,19-21H2,1-2H3,(H,38,39,40)/t26-/m0/s1. The number of fused-ring (bicyclic) bond motifs is 1. The van der Waals surface area contributed by atoms with Gasteiger partial charge in [-0.3, -0.25) is 0 Å². The number of benzene rings is 3. The molecule has 0 radical (unpaired) electrons. The van der Waals surface area contributed by atoms with E-state index in [-0.39, 0.29) is 23.1 Å². The smallest absolute Gasteiger partial charge is 0.228 e. The van der Waals surface area contributed by atoms with Gasteiger partial charge in [-0.05, 0) is 79.6 Å². The third-order valence-corrected chi connectivity index (χ3v) is 9.29. The number of hydrogen-bond acceptors (Lipinski definition) is 8. The van der Waals surface area contributed by atoms with Gasteiger partial charge in [-0.25, -0.2) is 27.8 Å². The van der Waals surface area contributed by atoms with E-state index in [0.29, 0.717) is 34.4 Å². The Balaban J connectivity index is 1.30. The number of halogens is 1. The molecule has 0 bridgehead atoms. The first-order chi connectivity index (χ1) is 21.3. The van der Waals surface area contributed by atoms with Crippen molar-refractivity contribution in [2.24, 2.45) is 0 Å². The SMILES string of the molecule is Cc1ccc(CS(=O)(=O)Cc2cccc3c(Oc4ncccc4-c4ccnc(N[C@H]5CCCNC5)n4)c(C)ccc23)c(F)c1. The number of nitrogens with one attached hydrogen (secondary N) is 2. The number of aromatic nitrogens is 3. The van der Waals surface area contributed by atoms with Crippen LogP contribution >= 0.6 is 0 Å². The number of anilines is 1. The van der Waals surface area contributed by atoms with E-state index in [0.717, 1.165) is 47.8 Å². The lowest BCUT2D eigenvalue weighted by atomic mass is 10.0. The molecule has 44 heavy (non-hydrogen) atoms. The molecule has 1 aliphatic rings. The zero-order chi connectivity index (χ0) is 30.7. The molecule has 226 valence electrons. The van der Waals surface area contributed by atoms with Gasteiger partial charge in [0.15, 0.2) is 9.84 Å². The van der Waals surface area contributed by atoms with Crippen molar-refractivity contribution < 1.29 is 17.5 Å². The topological polar surface area (TPSA) is 106 Å². The predicted octanol–water partition coefficient (Wildman–Crippen LogP) is 6.52. The zero-order valence-electron chi connectivity index (χ0n) is 24.7. The molecule has 1 saturated heterocycles. The number of ether oxygens (including phenoxy) is 1. The van der Waals surface area contributed by atoms with Crippen LogP contribution in [0.3, 0.4) is 0 Å². The number of piperidine rings is 1. The lowest BCUT2D eigenvalue weighted by Crippen LogP contribution is -2.38. The molecule has 2 aromatic heterocycles. The maximum atomic E-state index is 14.5. The highest BCUT2D eigenvalue weighted by Gasteiger charge is 2.20. The van der Waals surface area contributed by atoms with Crippen molar-refractivity contribution >= 4 is 26.6 Å². The Hall–Kier alpha value is -4.41. The molecule has 0 amide bonds. The van der Waals surface area contributed by atoms with E-state index in [1.165, 1.54) is 12.1 Å². The van der Waals surface area contributed by atoms with E-state index in [1.807, 2.05) is 49.4 Å². The van der Waals surface area contributed by atoms with Crippen molar-refractivity contribution in [3.8, 4) is 22.9 Å². The summed E-state index contributed by atoms with van der Waals surface area (Å²) in [6, 6.07) is 19.7. The van der Waals surface area contributed by atoms with E-state index in [4.69, 9.17) is 9.72 Å². The molecule has 3 heterocycles. The molecular formula is C34H34FN5O3S. The normalized spacial score (nSPS) is 15.3. The summed E-state index contributed by atoms with van der Waals surface area (Å²) in [5, 5.41) is 8.31. The number of sulfone groups is 1. The van der Waals surface area contributed by atoms with Crippen LogP contribution < -0.4 is 15.4 Å². The zero-order valence-corrected chi connectivity index (χ0v) is 25.5. The second-order valence-corrected chi connectivity index (χ2v) is 13.3. The fourth-order valence-electron chi connectivity index (χ4n) is 5.56. The average molecular weight is 612 g/mol. The van der Waals surface area contributed by atoms with Gasteiger partial charge in [0.25, 0.3) is 0 Å². The molecule has 0 spiro atoms. The van der Waals surface area contributed by atoms with Gasteiger partial charge in [-0.15, -0.1) is 0 Å². The number of aryl methyl sites for hydroxylation is 2. The molecule has 8 nitrogen and oxygen atoms in total. The van der Waals surface area contributed by atoms with Crippen LogP contribution in [0.15, 0.2) is 79.1 Å². The fraction of sp³-hybridized carbons (Fsp3) is 0.265. The second-order valence-electron chi connectivity index (χ2n) is 11.3. The van der Waals surface area contributed by atoms with E-state index < -0.39 is 15.7 Å². The fourth-order valence-corrected chi connectivity index (χ4v) is 7.10. The molecule has 5 aromatic rings. The molecule has 0 unspecified atom stereocenters. The van der Waals surface area contributed by atoms with Crippen molar-refractivity contribution in [3.63, 3.8) is 0 Å². The van der Waals surface area contributed by atoms with Crippen LogP contribution in [0.1, 0.15) is 35.1 Å². The summed E-state index contributed by atoms with van der Waals surface area (Å²) in [5.41, 5.74) is 3.76. The Morgan fingerprint density at radius 1 is 0.955 bits per heavy atom. The van der Waals surface area contributed by atoms with Gasteiger partial charge < -0.3 is 15.4 Å². The van der Waals surface area contributed by atoms with E-state index in [1.54, 1.807) is 31.5 Å². The monoisotopic (exact) mass is 611 g/mol. The van der Waals surface area contributed by atoms with Crippen LogP contribution in [-0.4, -0.2) is 42.5 Å². The van der Waals surface area contributed by atoms with Crippen LogP contribution in [0.5, 0.6) is 11.6 Å². The molecule has 6 rings (SSSR count). The summed E-state index contributed by atoms with van der Waals surface area (Å²) in [4.78, 5) is 13.7. The van der Waals surface area contributed by atoms with Crippen molar-refractivity contribution in [1.29, 1.82) is 0 Å². The Labute approximate surface area is 256 Å². The predicted molar refractivity (Wildman–Crippen MR) is 171 cm³/mol. The highest BCUT2D eigenvalue weighted by molar-refractivity contribution is 7.89. The summed E-state index contributed by atoms with van der Waals surface area (Å²) in [6.07, 6.45) is 5.53. The number of hydrogen-bond donors (Lipinski definition) is 2. The van der Waals surface area contributed by atoms with E-state index >= 15 is 0 Å². The molecule has 1 fully saturated rings. The van der Waals surface area contributed by atoms with Crippen molar-refractivity contribution in [3.05, 3.63) is 107 Å². The number of nitrogens with zero attached hydrogens (tertiary/aromatic N) is 3. The molecule has 10 heteroatoms. The average Bonchev–Trinajstić information content (AvgIpc) is 3.01. The quantitative estimate of drug-likeness (QED) is 0.194. The Morgan fingerprint density at radius 2 is 1.82 bits per heavy atom. The lowest BCUT2D eigenvalue weighted by Gasteiger charge is -2.23. The summed E-state index contributed by atoms with van der Waals surface area (Å²) in [7, 11) is -3.67. The van der Waals surface area contributed by atoms with Crippen molar-refractivity contribution in [2.75, 3.05) is 18.4 Å². The van der Waals surface area contributed by atoms with Crippen LogP contribution in [0.25, 0.3) is 22.0 Å². The second kappa shape index (κ2) is 12.7. The van der Waals surface area contributed by atoms with Crippen molar-refractivity contribution in [1.82, 2.24) is 20.3 Å². The highest BCUT2D eigenvalue weighted by Crippen LogP contribution is 2.38. The van der Waals surface area contributed by atoms with Gasteiger partial charge in [0.2, 0.25) is 11.8 Å². The Morgan fingerprint density at radius 3 is 2.64 bits per heavy atom. The van der Waals surface area contributed by atoms with Crippen LogP contribution in [-0.2, 0) is 21.3 Å². The molecule has 0 saturated carbocycles. The third-order valence-electron chi connectivity index (χ3n) is 7.79. The first-order valence-corrected chi connectivity index (χ1v) is 16.5. The minimum atomic E-state index is -3.67. The molecule has 0 aliphatic carbocycles. The van der Waals surface area contributed by atoms with Gasteiger partial charge in [0.1, 0.15) is 11.6 Å². The van der Waals surface area contributed by atoms with Gasteiger partial charge in [-0.1, -0.05) is 42.5 Å². The molecule has 3 aromatic carbocycles. The first-order valence-electron chi connectivity index (χ1n) is 14.7. The maximum absolute atomic E-state index is 14.5. The number of rotatable bonds is 9. The molecular weight excluding hydrogens is 577 g/mol. The minimum Gasteiger partial charge on any atom is -0.437 e. The van der Waals surface area contributed by atoms with E-state index in [2.05, 4.69) is 20.6 Å². The van der Waals surface area contributed by atoms with E-state index in [9.17, 15) is 12.8 Å². The van der Waals surface area contributed by atoms with Crippen LogP contribution in [0, 0.1) is 19.7 Å². The van der Waals surface area contributed by atoms with Gasteiger partial charge in [0, 0.05) is 35.9 Å². The largest absolute Gasteiger partial charge is 0.437 e. The van der Waals surface area contributed by atoms with Crippen molar-refractivity contribution in [2.45, 2.75) is 44.2 Å². The summed E-state index contributed by atoms with van der Waals surface area (Å²) < 4.78 is 47.4. The Bertz CT molecular complexity index is 1930.